The van der Waals surface area contributed by atoms with Crippen LogP contribution >= 0.6 is 22.7 Å². The van der Waals surface area contributed by atoms with E-state index in [-0.39, 0.29) is 18.3 Å². The first kappa shape index (κ1) is 15.8. The molecule has 2 aromatic heterocycles. The van der Waals surface area contributed by atoms with E-state index in [4.69, 9.17) is 9.31 Å². The summed E-state index contributed by atoms with van der Waals surface area (Å²) in [6.45, 7) is 8.40. The molecular weight excluding hydrogens is 347 g/mol. The van der Waals surface area contributed by atoms with Crippen molar-refractivity contribution in [2.75, 3.05) is 0 Å². The molecule has 5 rings (SSSR count). The van der Waals surface area contributed by atoms with Gasteiger partial charge in [0.1, 0.15) is 0 Å². The lowest BCUT2D eigenvalue weighted by Gasteiger charge is -2.32. The van der Waals surface area contributed by atoms with Gasteiger partial charge in [0.2, 0.25) is 0 Å². The van der Waals surface area contributed by atoms with Crippen LogP contribution in [0.15, 0.2) is 41.8 Å². The second kappa shape index (κ2) is 5.07. The molecule has 2 aromatic carbocycles. The van der Waals surface area contributed by atoms with Crippen LogP contribution in [-0.2, 0) is 9.31 Å². The summed E-state index contributed by atoms with van der Waals surface area (Å²) in [5.41, 5.74) is -0.613. The molecule has 2 nitrogen and oxygen atoms in total. The van der Waals surface area contributed by atoms with Crippen molar-refractivity contribution in [2.24, 2.45) is 0 Å². The molecule has 0 unspecified atom stereocenters. The molecule has 4 aromatic rings. The average Bonchev–Trinajstić information content (AvgIpc) is 3.23. The third-order valence-corrected chi connectivity index (χ3v) is 7.77. The van der Waals surface area contributed by atoms with Crippen molar-refractivity contribution in [1.29, 1.82) is 0 Å². The summed E-state index contributed by atoms with van der Waals surface area (Å²) in [5.74, 6) is 0. The fourth-order valence-corrected chi connectivity index (χ4v) is 5.50. The summed E-state index contributed by atoms with van der Waals surface area (Å²) in [7, 11) is -0.289. The topological polar surface area (TPSA) is 18.5 Å². The fraction of sp³-hybridized carbons (Fsp3) is 0.300. The molecule has 0 radical (unpaired) electrons. The normalized spacial score (nSPS) is 19.4. The van der Waals surface area contributed by atoms with E-state index in [0.717, 1.165) is 4.78 Å². The van der Waals surface area contributed by atoms with Gasteiger partial charge in [-0.1, -0.05) is 24.3 Å². The Hall–Kier alpha value is -1.40. The van der Waals surface area contributed by atoms with E-state index in [1.54, 1.807) is 11.3 Å². The fourth-order valence-electron chi connectivity index (χ4n) is 3.43. The average molecular weight is 366 g/mol. The Morgan fingerprint density at radius 3 is 2.16 bits per heavy atom. The zero-order chi connectivity index (χ0) is 17.4. The number of benzene rings is 2. The minimum atomic E-state index is -0.307. The summed E-state index contributed by atoms with van der Waals surface area (Å²) >= 11 is 3.60. The monoisotopic (exact) mass is 366 g/mol. The third kappa shape index (κ3) is 2.23. The van der Waals surface area contributed by atoms with Crippen LogP contribution in [0.1, 0.15) is 27.7 Å². The number of hydrogen-bond acceptors (Lipinski definition) is 4. The number of thiophene rings is 2. The molecule has 0 amide bonds. The molecular formula is C20H19BO2S2. The maximum Gasteiger partial charge on any atom is 0.505 e. The summed E-state index contributed by atoms with van der Waals surface area (Å²) in [4.78, 5) is 0. The molecule has 1 fully saturated rings. The van der Waals surface area contributed by atoms with Crippen LogP contribution in [-0.4, -0.2) is 18.3 Å². The smallest absolute Gasteiger partial charge is 0.399 e. The quantitative estimate of drug-likeness (QED) is 0.410. The van der Waals surface area contributed by atoms with Crippen LogP contribution in [0.5, 0.6) is 0 Å². The Morgan fingerprint density at radius 2 is 1.44 bits per heavy atom. The van der Waals surface area contributed by atoms with Crippen molar-refractivity contribution >= 4 is 65.5 Å². The van der Waals surface area contributed by atoms with Crippen molar-refractivity contribution in [3.63, 3.8) is 0 Å². The SMILES string of the molecule is CC1(C)OB(c2cc3ccc4c(ccc5ccsc54)c3s2)OC1(C)C. The highest BCUT2D eigenvalue weighted by atomic mass is 32.1. The maximum atomic E-state index is 6.24. The molecule has 1 aliphatic heterocycles. The van der Waals surface area contributed by atoms with Crippen LogP contribution in [0.3, 0.4) is 0 Å². The maximum absolute atomic E-state index is 6.24. The minimum absolute atomic E-state index is 0.289. The minimum Gasteiger partial charge on any atom is -0.399 e. The summed E-state index contributed by atoms with van der Waals surface area (Å²) in [6.07, 6.45) is 0. The van der Waals surface area contributed by atoms with Crippen molar-refractivity contribution in [3.05, 3.63) is 41.8 Å². The molecule has 0 spiro atoms. The molecule has 3 heterocycles. The predicted octanol–water partition coefficient (Wildman–Crippen LogP) is 5.57. The molecule has 0 saturated carbocycles. The first-order valence-corrected chi connectivity index (χ1v) is 10.2. The van der Waals surface area contributed by atoms with E-state index < -0.39 is 0 Å². The van der Waals surface area contributed by atoms with Gasteiger partial charge < -0.3 is 9.31 Å². The standard InChI is InChI=1S/C20H19BO2S2/c1-19(2)20(3,4)23-21(22-19)16-11-13-6-8-14-15(18(13)25-16)7-5-12-9-10-24-17(12)14/h5-11H,1-4H3. The number of fused-ring (bicyclic) bond motifs is 5. The van der Waals surface area contributed by atoms with Gasteiger partial charge in [-0.05, 0) is 56.0 Å². The van der Waals surface area contributed by atoms with Gasteiger partial charge in [-0.2, -0.15) is 0 Å². The first-order valence-electron chi connectivity index (χ1n) is 8.54. The highest BCUT2D eigenvalue weighted by Crippen LogP contribution is 2.39. The second-order valence-electron chi connectivity index (χ2n) is 7.72. The Kier molecular flexibility index (Phi) is 3.21. The van der Waals surface area contributed by atoms with Crippen LogP contribution in [0.4, 0.5) is 0 Å². The lowest BCUT2D eigenvalue weighted by Crippen LogP contribution is -2.41. The Balaban J connectivity index is 1.68. The van der Waals surface area contributed by atoms with E-state index in [9.17, 15) is 0 Å². The van der Waals surface area contributed by atoms with Crippen LogP contribution in [0.2, 0.25) is 0 Å². The van der Waals surface area contributed by atoms with E-state index in [0.29, 0.717) is 0 Å². The molecule has 126 valence electrons. The molecule has 0 atom stereocenters. The molecule has 0 bridgehead atoms. The summed E-state index contributed by atoms with van der Waals surface area (Å²) in [5, 5.41) is 7.40. The Bertz CT molecular complexity index is 1110. The van der Waals surface area contributed by atoms with Gasteiger partial charge in [0.05, 0.1) is 11.2 Å². The van der Waals surface area contributed by atoms with Gasteiger partial charge in [0, 0.05) is 24.9 Å². The van der Waals surface area contributed by atoms with Crippen molar-refractivity contribution in [1.82, 2.24) is 0 Å². The van der Waals surface area contributed by atoms with Crippen LogP contribution < -0.4 is 4.78 Å². The van der Waals surface area contributed by atoms with Crippen molar-refractivity contribution < 1.29 is 9.31 Å². The van der Waals surface area contributed by atoms with Gasteiger partial charge in [-0.15, -0.1) is 22.7 Å². The lowest BCUT2D eigenvalue weighted by atomic mass is 9.87. The largest absolute Gasteiger partial charge is 0.505 e. The third-order valence-electron chi connectivity index (χ3n) is 5.60. The van der Waals surface area contributed by atoms with Gasteiger partial charge in [0.15, 0.2) is 0 Å². The lowest BCUT2D eigenvalue weighted by molar-refractivity contribution is 0.00578. The van der Waals surface area contributed by atoms with E-state index in [1.165, 1.54) is 30.9 Å². The van der Waals surface area contributed by atoms with Crippen LogP contribution in [0, 0.1) is 0 Å². The van der Waals surface area contributed by atoms with Gasteiger partial charge in [-0.3, -0.25) is 0 Å². The van der Waals surface area contributed by atoms with Crippen molar-refractivity contribution in [3.8, 4) is 0 Å². The van der Waals surface area contributed by atoms with E-state index in [1.807, 2.05) is 11.3 Å². The predicted molar refractivity (Wildman–Crippen MR) is 110 cm³/mol. The molecule has 5 heteroatoms. The summed E-state index contributed by atoms with van der Waals surface area (Å²) in [6, 6.07) is 13.4. The molecule has 1 saturated heterocycles. The molecule has 0 aliphatic carbocycles. The number of hydrogen-bond donors (Lipinski definition) is 0. The van der Waals surface area contributed by atoms with Crippen LogP contribution in [0.25, 0.3) is 30.9 Å². The second-order valence-corrected chi connectivity index (χ2v) is 9.72. The first-order chi connectivity index (χ1) is 11.9. The molecule has 1 aliphatic rings. The Labute approximate surface area is 155 Å². The highest BCUT2D eigenvalue weighted by Gasteiger charge is 2.52. The Morgan fingerprint density at radius 1 is 0.800 bits per heavy atom. The van der Waals surface area contributed by atoms with E-state index in [2.05, 4.69) is 69.5 Å². The zero-order valence-corrected chi connectivity index (χ0v) is 16.4. The zero-order valence-electron chi connectivity index (χ0n) is 14.8. The van der Waals surface area contributed by atoms with Gasteiger partial charge >= 0.3 is 7.12 Å². The highest BCUT2D eigenvalue weighted by molar-refractivity contribution is 7.29. The van der Waals surface area contributed by atoms with Gasteiger partial charge in [-0.25, -0.2) is 0 Å². The van der Waals surface area contributed by atoms with E-state index >= 15 is 0 Å². The molecule has 0 N–H and O–H groups in total. The molecule has 25 heavy (non-hydrogen) atoms. The number of rotatable bonds is 1. The summed E-state index contributed by atoms with van der Waals surface area (Å²) < 4.78 is 16.3. The van der Waals surface area contributed by atoms with Crippen molar-refractivity contribution in [2.45, 2.75) is 38.9 Å². The van der Waals surface area contributed by atoms with Gasteiger partial charge in [0.25, 0.3) is 0 Å².